The first kappa shape index (κ1) is 13.8. The second-order valence-electron chi connectivity index (χ2n) is 3.12. The first-order chi connectivity index (χ1) is 7.15. The summed E-state index contributed by atoms with van der Waals surface area (Å²) in [5.74, 6) is 0. The molecule has 0 aliphatic rings. The molecule has 0 unspecified atom stereocenters. The molecule has 0 radical (unpaired) electrons. The highest BCUT2D eigenvalue weighted by Crippen LogP contribution is 2.06. The van der Waals surface area contributed by atoms with Gasteiger partial charge in [-0.3, -0.25) is 4.79 Å². The Morgan fingerprint density at radius 2 is 1.73 bits per heavy atom. The molecule has 0 saturated carbocycles. The molecule has 3 nitrogen and oxygen atoms in total. The molecular formula is C12H18O3. The molecule has 3 heteroatoms. The quantitative estimate of drug-likeness (QED) is 0.292. The summed E-state index contributed by atoms with van der Waals surface area (Å²) in [4.78, 5) is 10.1. The van der Waals surface area contributed by atoms with Crippen LogP contribution in [-0.2, 0) is 14.3 Å². The van der Waals surface area contributed by atoms with Crippen molar-refractivity contribution in [2.45, 2.75) is 20.1 Å². The normalized spacial score (nSPS) is 13.9. The van der Waals surface area contributed by atoms with Crippen molar-refractivity contribution in [1.82, 2.24) is 0 Å². The topological polar surface area (TPSA) is 35.5 Å². The fourth-order valence-corrected chi connectivity index (χ4v) is 1.06. The molecule has 0 N–H and O–H groups in total. The summed E-state index contributed by atoms with van der Waals surface area (Å²) in [7, 11) is 3.18. The van der Waals surface area contributed by atoms with Crippen LogP contribution in [0.5, 0.6) is 0 Å². The first-order valence-electron chi connectivity index (χ1n) is 4.68. The minimum atomic E-state index is -0.315. The zero-order chi connectivity index (χ0) is 11.7. The summed E-state index contributed by atoms with van der Waals surface area (Å²) >= 11 is 0. The second kappa shape index (κ2) is 8.15. The van der Waals surface area contributed by atoms with Crippen LogP contribution in [0, 0.1) is 0 Å². The Balaban J connectivity index is 4.38. The maximum atomic E-state index is 10.1. The monoisotopic (exact) mass is 210 g/mol. The van der Waals surface area contributed by atoms with E-state index in [0.717, 1.165) is 17.4 Å². The Bertz CT molecular complexity index is 271. The van der Waals surface area contributed by atoms with Gasteiger partial charge < -0.3 is 9.47 Å². The Kier molecular flexibility index (Phi) is 7.50. The molecular weight excluding hydrogens is 192 g/mol. The fourth-order valence-electron chi connectivity index (χ4n) is 1.06. The molecule has 0 heterocycles. The summed E-state index contributed by atoms with van der Waals surface area (Å²) in [6.07, 6.45) is 7.55. The van der Waals surface area contributed by atoms with Crippen LogP contribution in [0.3, 0.4) is 0 Å². The SMILES string of the molecule is COC(OC)/C(C)=C/C=C/C(C)=C/C=O. The predicted molar refractivity (Wildman–Crippen MR) is 60.5 cm³/mol. The molecule has 0 spiro atoms. The predicted octanol–water partition coefficient (Wildman–Crippen LogP) is 2.25. The van der Waals surface area contributed by atoms with Crippen LogP contribution in [0.4, 0.5) is 0 Å². The third-order valence-corrected chi connectivity index (χ3v) is 1.85. The van der Waals surface area contributed by atoms with E-state index in [9.17, 15) is 4.79 Å². The molecule has 0 aliphatic heterocycles. The van der Waals surface area contributed by atoms with Gasteiger partial charge in [0.15, 0.2) is 6.29 Å². The maximum absolute atomic E-state index is 10.1. The lowest BCUT2D eigenvalue weighted by atomic mass is 10.2. The zero-order valence-electron chi connectivity index (χ0n) is 9.69. The van der Waals surface area contributed by atoms with E-state index in [-0.39, 0.29) is 6.29 Å². The number of allylic oxidation sites excluding steroid dienone is 5. The minimum absolute atomic E-state index is 0.315. The lowest BCUT2D eigenvalue weighted by Gasteiger charge is -2.12. The Morgan fingerprint density at radius 1 is 1.13 bits per heavy atom. The van der Waals surface area contributed by atoms with E-state index in [1.807, 2.05) is 32.1 Å². The summed E-state index contributed by atoms with van der Waals surface area (Å²) in [6.45, 7) is 3.78. The van der Waals surface area contributed by atoms with Crippen LogP contribution in [0.2, 0.25) is 0 Å². The standard InChI is InChI=1S/C12H18O3/c1-10(8-9-13)6-5-7-11(2)12(14-3)15-4/h5-9,12H,1-4H3/b6-5+,10-8+,11-7+. The van der Waals surface area contributed by atoms with Crippen molar-refractivity contribution < 1.29 is 14.3 Å². The van der Waals surface area contributed by atoms with Crippen LogP contribution in [-0.4, -0.2) is 26.8 Å². The molecule has 0 rings (SSSR count). The van der Waals surface area contributed by atoms with Gasteiger partial charge in [-0.1, -0.05) is 18.2 Å². The molecule has 0 aromatic heterocycles. The van der Waals surface area contributed by atoms with E-state index < -0.39 is 0 Å². The van der Waals surface area contributed by atoms with E-state index in [2.05, 4.69) is 0 Å². The van der Waals surface area contributed by atoms with Gasteiger partial charge in [-0.25, -0.2) is 0 Å². The van der Waals surface area contributed by atoms with E-state index in [1.54, 1.807) is 14.2 Å². The molecule has 15 heavy (non-hydrogen) atoms. The average molecular weight is 210 g/mol. The third kappa shape index (κ3) is 5.99. The third-order valence-electron chi connectivity index (χ3n) is 1.85. The molecule has 0 aromatic carbocycles. The number of methoxy groups -OCH3 is 2. The van der Waals surface area contributed by atoms with Gasteiger partial charge in [0, 0.05) is 14.2 Å². The number of rotatable bonds is 6. The van der Waals surface area contributed by atoms with Gasteiger partial charge in [-0.15, -0.1) is 0 Å². The van der Waals surface area contributed by atoms with Gasteiger partial charge in [0.1, 0.15) is 6.29 Å². The molecule has 0 atom stereocenters. The van der Waals surface area contributed by atoms with Gasteiger partial charge in [0.25, 0.3) is 0 Å². The van der Waals surface area contributed by atoms with Crippen LogP contribution in [0.15, 0.2) is 35.5 Å². The Hall–Kier alpha value is -1.19. The summed E-state index contributed by atoms with van der Waals surface area (Å²) in [5.41, 5.74) is 1.87. The molecule has 0 aliphatic carbocycles. The highest BCUT2D eigenvalue weighted by molar-refractivity contribution is 5.66. The van der Waals surface area contributed by atoms with Gasteiger partial charge in [0.05, 0.1) is 0 Å². The summed E-state index contributed by atoms with van der Waals surface area (Å²) in [5, 5.41) is 0. The molecule has 0 saturated heterocycles. The zero-order valence-corrected chi connectivity index (χ0v) is 9.69. The molecule has 0 aromatic rings. The van der Waals surface area contributed by atoms with Gasteiger partial charge in [-0.2, -0.15) is 0 Å². The van der Waals surface area contributed by atoms with Crippen molar-refractivity contribution in [2.24, 2.45) is 0 Å². The van der Waals surface area contributed by atoms with Crippen LogP contribution < -0.4 is 0 Å². The summed E-state index contributed by atoms with van der Waals surface area (Å²) < 4.78 is 10.1. The van der Waals surface area contributed by atoms with Crippen molar-refractivity contribution in [3.8, 4) is 0 Å². The van der Waals surface area contributed by atoms with Crippen LogP contribution in [0.1, 0.15) is 13.8 Å². The number of hydrogen-bond donors (Lipinski definition) is 0. The maximum Gasteiger partial charge on any atom is 0.179 e. The summed E-state index contributed by atoms with van der Waals surface area (Å²) in [6, 6.07) is 0. The van der Waals surface area contributed by atoms with Crippen molar-refractivity contribution >= 4 is 6.29 Å². The number of aldehydes is 1. The van der Waals surface area contributed by atoms with Gasteiger partial charge in [0.2, 0.25) is 0 Å². The van der Waals surface area contributed by atoms with Crippen LogP contribution in [0.25, 0.3) is 0 Å². The second-order valence-corrected chi connectivity index (χ2v) is 3.12. The van der Waals surface area contributed by atoms with E-state index in [1.165, 1.54) is 6.08 Å². The van der Waals surface area contributed by atoms with Crippen molar-refractivity contribution in [2.75, 3.05) is 14.2 Å². The fraction of sp³-hybridized carbons (Fsp3) is 0.417. The highest BCUT2D eigenvalue weighted by Gasteiger charge is 2.04. The van der Waals surface area contributed by atoms with Crippen molar-refractivity contribution in [1.29, 1.82) is 0 Å². The van der Waals surface area contributed by atoms with E-state index >= 15 is 0 Å². The molecule has 0 bridgehead atoms. The van der Waals surface area contributed by atoms with E-state index in [4.69, 9.17) is 9.47 Å². The lowest BCUT2D eigenvalue weighted by molar-refractivity contribution is -0.104. The van der Waals surface area contributed by atoms with Gasteiger partial charge in [-0.05, 0) is 31.1 Å². The molecule has 0 fully saturated rings. The van der Waals surface area contributed by atoms with Gasteiger partial charge >= 0.3 is 0 Å². The number of hydrogen-bond acceptors (Lipinski definition) is 3. The lowest BCUT2D eigenvalue weighted by Crippen LogP contribution is -2.13. The number of ether oxygens (including phenoxy) is 2. The Labute approximate surface area is 91.1 Å². The Morgan fingerprint density at radius 3 is 2.20 bits per heavy atom. The van der Waals surface area contributed by atoms with Crippen molar-refractivity contribution in [3.05, 3.63) is 35.5 Å². The number of carbonyl (C=O) groups excluding carboxylic acids is 1. The van der Waals surface area contributed by atoms with Crippen LogP contribution >= 0.6 is 0 Å². The smallest absolute Gasteiger partial charge is 0.179 e. The minimum Gasteiger partial charge on any atom is -0.352 e. The molecule has 0 amide bonds. The largest absolute Gasteiger partial charge is 0.352 e. The highest BCUT2D eigenvalue weighted by atomic mass is 16.7. The van der Waals surface area contributed by atoms with Crippen molar-refractivity contribution in [3.63, 3.8) is 0 Å². The first-order valence-corrected chi connectivity index (χ1v) is 4.68. The van der Waals surface area contributed by atoms with E-state index in [0.29, 0.717) is 0 Å². The number of carbonyl (C=O) groups is 1. The average Bonchev–Trinajstić information content (AvgIpc) is 2.20. The molecule has 84 valence electrons.